The van der Waals surface area contributed by atoms with Gasteiger partial charge in [0.25, 0.3) is 0 Å². The lowest BCUT2D eigenvalue weighted by atomic mass is 9.95. The Morgan fingerprint density at radius 3 is 2.56 bits per heavy atom. The molecule has 0 radical (unpaired) electrons. The lowest BCUT2D eigenvalue weighted by molar-refractivity contribution is 0.0691. The van der Waals surface area contributed by atoms with Gasteiger partial charge in [-0.3, -0.25) is 0 Å². The zero-order valence-electron chi connectivity index (χ0n) is 8.84. The highest BCUT2D eigenvalue weighted by Gasteiger charge is 2.18. The summed E-state index contributed by atoms with van der Waals surface area (Å²) in [4.78, 5) is 10.7. The first-order valence-corrected chi connectivity index (χ1v) is 4.89. The Hall–Kier alpha value is -1.49. The van der Waals surface area contributed by atoms with Gasteiger partial charge in [-0.15, -0.1) is 0 Å². The fourth-order valence-electron chi connectivity index (χ4n) is 1.51. The van der Waals surface area contributed by atoms with Crippen molar-refractivity contribution in [3.63, 3.8) is 0 Å². The molecule has 1 aromatic rings. The van der Waals surface area contributed by atoms with E-state index in [0.29, 0.717) is 19.0 Å². The molecule has 1 unspecified atom stereocenters. The summed E-state index contributed by atoms with van der Waals surface area (Å²) >= 11 is 0. The lowest BCUT2D eigenvalue weighted by Gasteiger charge is -2.12. The van der Waals surface area contributed by atoms with Gasteiger partial charge in [0.15, 0.2) is 0 Å². The van der Waals surface area contributed by atoms with Crippen LogP contribution in [0.3, 0.4) is 0 Å². The van der Waals surface area contributed by atoms with Crippen LogP contribution in [0.1, 0.15) is 35.2 Å². The van der Waals surface area contributed by atoms with Crippen molar-refractivity contribution in [2.75, 3.05) is 6.54 Å². The fraction of sp³-hybridized carbons (Fsp3) is 0.364. The minimum absolute atomic E-state index is 0.184. The van der Waals surface area contributed by atoms with Crippen LogP contribution < -0.4 is 5.73 Å². The van der Waals surface area contributed by atoms with Gasteiger partial charge in [0.2, 0.25) is 0 Å². The van der Waals surface area contributed by atoms with E-state index >= 15 is 0 Å². The summed E-state index contributed by atoms with van der Waals surface area (Å²) in [5, 5.41) is 8.71. The average Bonchev–Trinajstić information content (AvgIpc) is 2.17. The van der Waals surface area contributed by atoms with Crippen molar-refractivity contribution in [3.05, 3.63) is 34.9 Å². The highest BCUT2D eigenvalue weighted by molar-refractivity contribution is 5.88. The third-order valence-corrected chi connectivity index (χ3v) is 2.45. The number of aromatic carboxylic acids is 1. The number of benzene rings is 1. The topological polar surface area (TPSA) is 63.3 Å². The molecule has 0 bridgehead atoms. The van der Waals surface area contributed by atoms with Gasteiger partial charge in [0.1, 0.15) is 11.6 Å². The second-order valence-electron chi connectivity index (χ2n) is 3.64. The van der Waals surface area contributed by atoms with E-state index in [0.717, 1.165) is 6.07 Å². The van der Waals surface area contributed by atoms with Gasteiger partial charge in [-0.25, -0.2) is 13.6 Å². The van der Waals surface area contributed by atoms with Gasteiger partial charge in [0.05, 0.1) is 5.56 Å². The molecule has 1 aromatic carbocycles. The van der Waals surface area contributed by atoms with Crippen molar-refractivity contribution < 1.29 is 18.7 Å². The van der Waals surface area contributed by atoms with Crippen LogP contribution in [0.25, 0.3) is 0 Å². The number of carboxylic acids is 1. The van der Waals surface area contributed by atoms with Crippen LogP contribution in [0.4, 0.5) is 8.78 Å². The Labute approximate surface area is 91.9 Å². The van der Waals surface area contributed by atoms with Crippen LogP contribution in [0, 0.1) is 11.6 Å². The molecule has 0 fully saturated rings. The summed E-state index contributed by atoms with van der Waals surface area (Å²) in [5.74, 6) is -3.43. The second-order valence-corrected chi connectivity index (χ2v) is 3.64. The van der Waals surface area contributed by atoms with Crippen molar-refractivity contribution in [2.24, 2.45) is 5.73 Å². The minimum atomic E-state index is -1.40. The third kappa shape index (κ3) is 2.55. The summed E-state index contributed by atoms with van der Waals surface area (Å²) in [5.41, 5.74) is 5.00. The van der Waals surface area contributed by atoms with Crippen LogP contribution in [0.15, 0.2) is 12.1 Å². The quantitative estimate of drug-likeness (QED) is 0.831. The van der Waals surface area contributed by atoms with E-state index in [-0.39, 0.29) is 11.5 Å². The van der Waals surface area contributed by atoms with Crippen molar-refractivity contribution in [1.82, 2.24) is 0 Å². The number of nitrogens with two attached hydrogens (primary N) is 1. The monoisotopic (exact) mass is 229 g/mol. The van der Waals surface area contributed by atoms with E-state index in [2.05, 4.69) is 0 Å². The number of carbonyl (C=O) groups is 1. The molecule has 0 heterocycles. The standard InChI is InChI=1S/C11H13F2NO2/c1-6(2-3-14)7-4-8(11(15)16)10(13)5-9(7)12/h4-6H,2-3,14H2,1H3,(H,15,16). The smallest absolute Gasteiger partial charge is 0.338 e. The number of hydrogen-bond donors (Lipinski definition) is 2. The van der Waals surface area contributed by atoms with Gasteiger partial charge in [0, 0.05) is 6.07 Å². The Balaban J connectivity index is 3.19. The molecule has 0 aliphatic carbocycles. The first-order valence-electron chi connectivity index (χ1n) is 4.89. The first-order chi connectivity index (χ1) is 7.47. The van der Waals surface area contributed by atoms with Gasteiger partial charge < -0.3 is 10.8 Å². The highest BCUT2D eigenvalue weighted by Crippen LogP contribution is 2.24. The normalized spacial score (nSPS) is 12.5. The molecule has 0 saturated carbocycles. The second kappa shape index (κ2) is 5.03. The van der Waals surface area contributed by atoms with Crippen LogP contribution in [-0.4, -0.2) is 17.6 Å². The zero-order valence-corrected chi connectivity index (χ0v) is 8.84. The van der Waals surface area contributed by atoms with Crippen LogP contribution >= 0.6 is 0 Å². The molecule has 0 amide bonds. The van der Waals surface area contributed by atoms with Gasteiger partial charge in [-0.2, -0.15) is 0 Å². The predicted molar refractivity (Wildman–Crippen MR) is 55.4 cm³/mol. The van der Waals surface area contributed by atoms with Crippen molar-refractivity contribution in [1.29, 1.82) is 0 Å². The molecule has 16 heavy (non-hydrogen) atoms. The van der Waals surface area contributed by atoms with Gasteiger partial charge in [-0.1, -0.05) is 6.92 Å². The molecule has 0 aromatic heterocycles. The number of halogens is 2. The van der Waals surface area contributed by atoms with Crippen molar-refractivity contribution in [2.45, 2.75) is 19.3 Å². The largest absolute Gasteiger partial charge is 0.478 e. The van der Waals surface area contributed by atoms with E-state index < -0.39 is 23.2 Å². The Morgan fingerprint density at radius 1 is 1.44 bits per heavy atom. The summed E-state index contributed by atoms with van der Waals surface area (Å²) in [6.45, 7) is 2.08. The molecule has 0 saturated heterocycles. The Bertz CT molecular complexity index is 407. The molecule has 0 spiro atoms. The number of hydrogen-bond acceptors (Lipinski definition) is 2. The van der Waals surface area contributed by atoms with Gasteiger partial charge >= 0.3 is 5.97 Å². The van der Waals surface area contributed by atoms with Crippen LogP contribution in [0.2, 0.25) is 0 Å². The maximum absolute atomic E-state index is 13.4. The SMILES string of the molecule is CC(CCN)c1cc(C(=O)O)c(F)cc1F. The van der Waals surface area contributed by atoms with Crippen molar-refractivity contribution in [3.8, 4) is 0 Å². The molecule has 5 heteroatoms. The predicted octanol–water partition coefficient (Wildman–Crippen LogP) is 2.12. The summed E-state index contributed by atoms with van der Waals surface area (Å²) in [7, 11) is 0. The number of carboxylic acid groups (broad SMARTS) is 1. The summed E-state index contributed by atoms with van der Waals surface area (Å²) in [6.07, 6.45) is 0.515. The number of rotatable bonds is 4. The minimum Gasteiger partial charge on any atom is -0.478 e. The molecule has 0 aliphatic rings. The molecular formula is C11H13F2NO2. The molecule has 88 valence electrons. The Morgan fingerprint density at radius 2 is 2.06 bits per heavy atom. The fourth-order valence-corrected chi connectivity index (χ4v) is 1.51. The van der Waals surface area contributed by atoms with E-state index in [4.69, 9.17) is 10.8 Å². The average molecular weight is 229 g/mol. The lowest BCUT2D eigenvalue weighted by Crippen LogP contribution is -2.09. The molecule has 0 aliphatic heterocycles. The summed E-state index contributed by atoms with van der Waals surface area (Å²) in [6, 6.07) is 1.64. The molecule has 1 atom stereocenters. The molecule has 3 N–H and O–H groups in total. The molecule has 3 nitrogen and oxygen atoms in total. The molecular weight excluding hydrogens is 216 g/mol. The first kappa shape index (κ1) is 12.6. The van der Waals surface area contributed by atoms with Crippen LogP contribution in [0.5, 0.6) is 0 Å². The third-order valence-electron chi connectivity index (χ3n) is 2.45. The van der Waals surface area contributed by atoms with Crippen molar-refractivity contribution >= 4 is 5.97 Å². The maximum Gasteiger partial charge on any atom is 0.338 e. The zero-order chi connectivity index (χ0) is 12.3. The van der Waals surface area contributed by atoms with E-state index in [1.54, 1.807) is 6.92 Å². The van der Waals surface area contributed by atoms with E-state index in [9.17, 15) is 13.6 Å². The maximum atomic E-state index is 13.4. The van der Waals surface area contributed by atoms with Crippen LogP contribution in [-0.2, 0) is 0 Å². The van der Waals surface area contributed by atoms with E-state index in [1.807, 2.05) is 0 Å². The Kier molecular flexibility index (Phi) is 3.95. The van der Waals surface area contributed by atoms with E-state index in [1.165, 1.54) is 0 Å². The molecule has 1 rings (SSSR count). The highest BCUT2D eigenvalue weighted by atomic mass is 19.1. The summed E-state index contributed by atoms with van der Waals surface area (Å²) < 4.78 is 26.5. The van der Waals surface area contributed by atoms with Gasteiger partial charge in [-0.05, 0) is 30.5 Å².